The highest BCUT2D eigenvalue weighted by Crippen LogP contribution is 2.49. The van der Waals surface area contributed by atoms with E-state index in [9.17, 15) is 29.8 Å². The van der Waals surface area contributed by atoms with E-state index in [1.54, 1.807) is 38.1 Å². The molecule has 10 nitrogen and oxygen atoms in total. The molecule has 196 valence electrons. The zero-order chi connectivity index (χ0) is 27.1. The van der Waals surface area contributed by atoms with Gasteiger partial charge in [-0.1, -0.05) is 56.1 Å². The second kappa shape index (κ2) is 16.0. The Morgan fingerprint density at radius 3 is 1.64 bits per heavy atom. The SMILES string of the molecule is BrCCBr.CCOC(=O)C1(c2ccc([N+](=O)[O-])cc2)CC1.CCOC(=O)Cc1ccc([N+](=O)[O-])cc1. The maximum Gasteiger partial charge on any atom is 0.316 e. The average Bonchev–Trinajstić information content (AvgIpc) is 3.67. The molecule has 0 amide bonds. The summed E-state index contributed by atoms with van der Waals surface area (Å²) in [6.45, 7) is 4.19. The van der Waals surface area contributed by atoms with E-state index in [1.807, 2.05) is 0 Å². The summed E-state index contributed by atoms with van der Waals surface area (Å²) in [7, 11) is 0. The summed E-state index contributed by atoms with van der Waals surface area (Å²) < 4.78 is 9.78. The number of ether oxygens (including phenoxy) is 2. The van der Waals surface area contributed by atoms with Crippen molar-refractivity contribution in [3.05, 3.63) is 79.9 Å². The van der Waals surface area contributed by atoms with Gasteiger partial charge in [0.15, 0.2) is 0 Å². The average molecular weight is 632 g/mol. The predicted molar refractivity (Wildman–Crippen MR) is 142 cm³/mol. The van der Waals surface area contributed by atoms with Crippen LogP contribution in [0.25, 0.3) is 0 Å². The molecule has 2 aromatic carbocycles. The number of hydrogen-bond acceptors (Lipinski definition) is 8. The summed E-state index contributed by atoms with van der Waals surface area (Å²) in [5, 5.41) is 23.0. The first-order valence-corrected chi connectivity index (χ1v) is 13.3. The van der Waals surface area contributed by atoms with Crippen molar-refractivity contribution < 1.29 is 28.9 Å². The quantitative estimate of drug-likeness (QED) is 0.149. The lowest BCUT2D eigenvalue weighted by atomic mass is 9.96. The van der Waals surface area contributed by atoms with Crippen LogP contribution in [0.4, 0.5) is 11.4 Å². The van der Waals surface area contributed by atoms with Crippen molar-refractivity contribution >= 4 is 55.2 Å². The Bertz CT molecular complexity index is 1010. The van der Waals surface area contributed by atoms with E-state index < -0.39 is 15.3 Å². The number of nitro benzene ring substituents is 2. The Morgan fingerprint density at radius 2 is 1.28 bits per heavy atom. The lowest BCUT2D eigenvalue weighted by Gasteiger charge is -2.13. The van der Waals surface area contributed by atoms with Crippen LogP contribution in [0.2, 0.25) is 0 Å². The first-order chi connectivity index (χ1) is 17.1. The molecule has 0 saturated heterocycles. The topological polar surface area (TPSA) is 139 Å². The van der Waals surface area contributed by atoms with Crippen molar-refractivity contribution in [2.24, 2.45) is 0 Å². The van der Waals surface area contributed by atoms with E-state index in [1.165, 1.54) is 24.3 Å². The molecule has 12 heteroatoms. The number of nitrogens with zero attached hydrogens (tertiary/aromatic N) is 2. The number of non-ortho nitro benzene ring substituents is 2. The van der Waals surface area contributed by atoms with E-state index in [4.69, 9.17) is 9.47 Å². The van der Waals surface area contributed by atoms with Gasteiger partial charge in [-0.25, -0.2) is 0 Å². The molecule has 0 aliphatic heterocycles. The standard InChI is InChI=1S/C12H13NO4.C10H11NO4.C2H4Br2/c1-2-17-11(14)12(7-8-12)9-3-5-10(6-4-9)13(15)16;1-2-15-10(12)7-8-3-5-9(6-4-8)11(13)14;3-1-2-4/h3-6H,2,7-8H2,1H3;3-6H,2,7H2,1H3;1-2H2. The van der Waals surface area contributed by atoms with Crippen LogP contribution in [0.1, 0.15) is 37.8 Å². The molecular formula is C24H28Br2N2O8. The van der Waals surface area contributed by atoms with Gasteiger partial charge in [-0.2, -0.15) is 0 Å². The molecule has 2 aromatic rings. The summed E-state index contributed by atoms with van der Waals surface area (Å²) in [6.07, 6.45) is 1.65. The fraction of sp³-hybridized carbons (Fsp3) is 0.417. The Balaban J connectivity index is 0.000000316. The van der Waals surface area contributed by atoms with Crippen LogP contribution < -0.4 is 0 Å². The Morgan fingerprint density at radius 1 is 0.833 bits per heavy atom. The zero-order valence-electron chi connectivity index (χ0n) is 20.0. The van der Waals surface area contributed by atoms with E-state index >= 15 is 0 Å². The highest BCUT2D eigenvalue weighted by Gasteiger charge is 2.52. The van der Waals surface area contributed by atoms with Gasteiger partial charge in [0.2, 0.25) is 0 Å². The van der Waals surface area contributed by atoms with Crippen molar-refractivity contribution in [2.45, 2.75) is 38.5 Å². The molecular weight excluding hydrogens is 604 g/mol. The molecule has 0 spiro atoms. The van der Waals surface area contributed by atoms with Crippen LogP contribution in [-0.4, -0.2) is 45.7 Å². The number of nitro groups is 2. The fourth-order valence-electron chi connectivity index (χ4n) is 3.02. The highest BCUT2D eigenvalue weighted by atomic mass is 79.9. The van der Waals surface area contributed by atoms with Crippen molar-refractivity contribution in [3.8, 4) is 0 Å². The minimum atomic E-state index is -0.550. The summed E-state index contributed by atoms with van der Waals surface area (Å²) in [5.74, 6) is -0.555. The number of halogens is 2. The molecule has 1 fully saturated rings. The maximum absolute atomic E-state index is 11.8. The number of alkyl halides is 2. The molecule has 1 aliphatic carbocycles. The lowest BCUT2D eigenvalue weighted by molar-refractivity contribution is -0.385. The minimum absolute atomic E-state index is 0.0163. The number of carbonyl (C=O) groups excluding carboxylic acids is 2. The lowest BCUT2D eigenvalue weighted by Crippen LogP contribution is -2.23. The van der Waals surface area contributed by atoms with E-state index in [-0.39, 0.29) is 29.7 Å². The Hall–Kier alpha value is -2.86. The zero-order valence-corrected chi connectivity index (χ0v) is 23.2. The molecule has 0 atom stereocenters. The summed E-state index contributed by atoms with van der Waals surface area (Å²) in [6, 6.07) is 12.0. The van der Waals surface area contributed by atoms with Gasteiger partial charge in [0.1, 0.15) is 0 Å². The number of hydrogen-bond donors (Lipinski definition) is 0. The smallest absolute Gasteiger partial charge is 0.316 e. The fourth-order valence-corrected chi connectivity index (χ4v) is 3.02. The van der Waals surface area contributed by atoms with Crippen LogP contribution in [0.3, 0.4) is 0 Å². The molecule has 0 N–H and O–H groups in total. The number of rotatable bonds is 9. The third-order valence-corrected chi connectivity index (χ3v) is 6.78. The number of benzene rings is 2. The Labute approximate surface area is 225 Å². The second-order valence-electron chi connectivity index (χ2n) is 7.39. The first-order valence-electron chi connectivity index (χ1n) is 11.1. The van der Waals surface area contributed by atoms with E-state index in [0.717, 1.165) is 29.1 Å². The molecule has 0 aromatic heterocycles. The van der Waals surface area contributed by atoms with Gasteiger partial charge < -0.3 is 9.47 Å². The van der Waals surface area contributed by atoms with E-state index in [2.05, 4.69) is 31.9 Å². The summed E-state index contributed by atoms with van der Waals surface area (Å²) in [5.41, 5.74) is 1.02. The van der Waals surface area contributed by atoms with Gasteiger partial charge in [-0.3, -0.25) is 29.8 Å². The van der Waals surface area contributed by atoms with Gasteiger partial charge in [-0.15, -0.1) is 0 Å². The van der Waals surface area contributed by atoms with Crippen LogP contribution in [0.15, 0.2) is 48.5 Å². The molecule has 0 radical (unpaired) electrons. The van der Waals surface area contributed by atoms with Crippen LogP contribution >= 0.6 is 31.9 Å². The van der Waals surface area contributed by atoms with Crippen LogP contribution in [-0.2, 0) is 30.9 Å². The van der Waals surface area contributed by atoms with E-state index in [0.29, 0.717) is 18.8 Å². The predicted octanol–water partition coefficient (Wildman–Crippen LogP) is 5.67. The van der Waals surface area contributed by atoms with Gasteiger partial charge >= 0.3 is 11.9 Å². The van der Waals surface area contributed by atoms with Crippen molar-refractivity contribution in [1.82, 2.24) is 0 Å². The maximum atomic E-state index is 11.8. The normalized spacial score (nSPS) is 12.6. The first kappa shape index (κ1) is 31.2. The van der Waals surface area contributed by atoms with Crippen LogP contribution in [0.5, 0.6) is 0 Å². The van der Waals surface area contributed by atoms with Gasteiger partial charge in [-0.05, 0) is 37.8 Å². The number of esters is 2. The largest absolute Gasteiger partial charge is 0.466 e. The van der Waals surface area contributed by atoms with Gasteiger partial charge in [0.05, 0.1) is 34.9 Å². The molecule has 36 heavy (non-hydrogen) atoms. The second-order valence-corrected chi connectivity index (χ2v) is 8.98. The molecule has 1 aliphatic rings. The monoisotopic (exact) mass is 630 g/mol. The van der Waals surface area contributed by atoms with Gasteiger partial charge in [0, 0.05) is 34.9 Å². The minimum Gasteiger partial charge on any atom is -0.466 e. The van der Waals surface area contributed by atoms with Crippen molar-refractivity contribution in [1.29, 1.82) is 0 Å². The number of carbonyl (C=O) groups is 2. The van der Waals surface area contributed by atoms with Crippen molar-refractivity contribution in [2.75, 3.05) is 23.9 Å². The third-order valence-electron chi connectivity index (χ3n) is 4.92. The molecule has 0 unspecified atom stereocenters. The summed E-state index contributed by atoms with van der Waals surface area (Å²) >= 11 is 6.40. The van der Waals surface area contributed by atoms with Crippen LogP contribution in [0, 0.1) is 20.2 Å². The third kappa shape index (κ3) is 10.0. The highest BCUT2D eigenvalue weighted by molar-refractivity contribution is 9.11. The molecule has 0 heterocycles. The molecule has 1 saturated carbocycles. The van der Waals surface area contributed by atoms with Crippen molar-refractivity contribution in [3.63, 3.8) is 0 Å². The molecule has 0 bridgehead atoms. The summed E-state index contributed by atoms with van der Waals surface area (Å²) in [4.78, 5) is 42.8. The molecule has 3 rings (SSSR count). The Kier molecular flexibility index (Phi) is 13.9. The van der Waals surface area contributed by atoms with Gasteiger partial charge in [0.25, 0.3) is 11.4 Å².